The van der Waals surface area contributed by atoms with Crippen molar-refractivity contribution >= 4 is 17.5 Å². The van der Waals surface area contributed by atoms with Gasteiger partial charge in [-0.3, -0.25) is 9.78 Å². The van der Waals surface area contributed by atoms with Gasteiger partial charge in [0.05, 0.1) is 5.56 Å². The first-order chi connectivity index (χ1) is 16.0. The third-order valence-electron chi connectivity index (χ3n) is 5.37. The number of nitrogens with zero attached hydrogens (tertiary/aromatic N) is 2. The second kappa shape index (κ2) is 10.4. The topological polar surface area (TPSA) is 64.1 Å². The molecule has 5 nitrogen and oxygen atoms in total. The molecule has 34 heavy (non-hydrogen) atoms. The van der Waals surface area contributed by atoms with E-state index in [2.05, 4.69) is 15.3 Å². The van der Waals surface area contributed by atoms with Gasteiger partial charge in [0, 0.05) is 41.1 Å². The summed E-state index contributed by atoms with van der Waals surface area (Å²) in [5, 5.41) is 3.60. The van der Waals surface area contributed by atoms with Crippen LogP contribution in [-0.2, 0) is 17.4 Å². The first-order valence-corrected chi connectivity index (χ1v) is 11.0. The zero-order valence-electron chi connectivity index (χ0n) is 18.9. The Morgan fingerprint density at radius 3 is 2.32 bits per heavy atom. The summed E-state index contributed by atoms with van der Waals surface area (Å²) in [5.74, 6) is -0.659. The average Bonchev–Trinajstić information content (AvgIpc) is 2.78. The van der Waals surface area contributed by atoms with Crippen molar-refractivity contribution in [3.8, 4) is 5.88 Å². The number of hydrogen-bond acceptors (Lipinski definition) is 4. The molecule has 2 heterocycles. The molecule has 3 rings (SSSR count). The Morgan fingerprint density at radius 1 is 1.06 bits per heavy atom. The first kappa shape index (κ1) is 25.5. The van der Waals surface area contributed by atoms with Crippen LogP contribution in [0.1, 0.15) is 43.5 Å². The van der Waals surface area contributed by atoms with E-state index in [4.69, 9.17) is 16.3 Å². The lowest BCUT2D eigenvalue weighted by atomic mass is 9.89. The summed E-state index contributed by atoms with van der Waals surface area (Å²) in [6.07, 6.45) is -1.52. The fourth-order valence-corrected chi connectivity index (χ4v) is 3.53. The molecular weight excluding hydrogens is 467 g/mol. The quantitative estimate of drug-likeness (QED) is 0.430. The summed E-state index contributed by atoms with van der Waals surface area (Å²) in [6.45, 7) is 4.94. The van der Waals surface area contributed by atoms with E-state index in [-0.39, 0.29) is 17.8 Å². The van der Waals surface area contributed by atoms with Crippen molar-refractivity contribution in [2.45, 2.75) is 50.9 Å². The molecule has 3 aromatic rings. The normalized spacial score (nSPS) is 13.7. The van der Waals surface area contributed by atoms with E-state index in [1.54, 1.807) is 6.20 Å². The lowest BCUT2D eigenvalue weighted by Crippen LogP contribution is -2.51. The second-order valence-corrected chi connectivity index (χ2v) is 8.89. The SMILES string of the molecule is CC(NC(=O)C(C)(C)Oc1ccc(C(F)(F)F)cn1)C(Cc1ccc(Cl)cc1)c1ccccn1. The number of benzene rings is 1. The monoisotopic (exact) mass is 491 g/mol. The number of alkyl halides is 3. The molecule has 0 radical (unpaired) electrons. The van der Waals surface area contributed by atoms with Gasteiger partial charge in [-0.05, 0) is 63.1 Å². The molecule has 2 unspecified atom stereocenters. The van der Waals surface area contributed by atoms with Crippen molar-refractivity contribution in [3.05, 3.63) is 88.8 Å². The van der Waals surface area contributed by atoms with E-state index in [0.717, 1.165) is 23.4 Å². The van der Waals surface area contributed by atoms with E-state index in [1.807, 2.05) is 49.4 Å². The molecule has 180 valence electrons. The van der Waals surface area contributed by atoms with Gasteiger partial charge in [0.15, 0.2) is 5.60 Å². The molecule has 0 spiro atoms. The van der Waals surface area contributed by atoms with Crippen LogP contribution < -0.4 is 10.1 Å². The Labute approximate surface area is 201 Å². The van der Waals surface area contributed by atoms with E-state index >= 15 is 0 Å². The average molecular weight is 492 g/mol. The Hall–Kier alpha value is -3.13. The molecular formula is C25H25ClF3N3O2. The standard InChI is InChI=1S/C25H25ClF3N3O2/c1-16(20(21-6-4-5-13-30-21)14-17-7-10-19(26)11-8-17)32-23(33)24(2,3)34-22-12-9-18(15-31-22)25(27,28)29/h4-13,15-16,20H,14H2,1-3H3,(H,32,33). The predicted molar refractivity (Wildman–Crippen MR) is 124 cm³/mol. The van der Waals surface area contributed by atoms with Crippen molar-refractivity contribution in [3.63, 3.8) is 0 Å². The van der Waals surface area contributed by atoms with Crippen LogP contribution in [0.3, 0.4) is 0 Å². The van der Waals surface area contributed by atoms with Crippen LogP contribution in [0.5, 0.6) is 5.88 Å². The van der Waals surface area contributed by atoms with Gasteiger partial charge < -0.3 is 10.1 Å². The number of carbonyl (C=O) groups excluding carboxylic acids is 1. The van der Waals surface area contributed by atoms with Gasteiger partial charge in [-0.25, -0.2) is 4.98 Å². The summed E-state index contributed by atoms with van der Waals surface area (Å²) in [4.78, 5) is 21.2. The van der Waals surface area contributed by atoms with Crippen LogP contribution in [0.15, 0.2) is 67.0 Å². The zero-order chi connectivity index (χ0) is 24.9. The van der Waals surface area contributed by atoms with Gasteiger partial charge >= 0.3 is 6.18 Å². The van der Waals surface area contributed by atoms with Gasteiger partial charge in [0.2, 0.25) is 5.88 Å². The highest BCUT2D eigenvalue weighted by Gasteiger charge is 2.34. The summed E-state index contributed by atoms with van der Waals surface area (Å²) in [7, 11) is 0. The number of ether oxygens (including phenoxy) is 1. The molecule has 0 aliphatic heterocycles. The van der Waals surface area contributed by atoms with Crippen LogP contribution in [0.25, 0.3) is 0 Å². The number of hydrogen-bond donors (Lipinski definition) is 1. The van der Waals surface area contributed by atoms with Crippen molar-refractivity contribution in [1.82, 2.24) is 15.3 Å². The minimum Gasteiger partial charge on any atom is -0.462 e. The number of carbonyl (C=O) groups is 1. The third kappa shape index (κ3) is 6.70. The molecule has 0 fully saturated rings. The minimum atomic E-state index is -4.50. The van der Waals surface area contributed by atoms with Crippen LogP contribution in [0.2, 0.25) is 5.02 Å². The van der Waals surface area contributed by atoms with Crippen LogP contribution in [-0.4, -0.2) is 27.5 Å². The molecule has 1 amide bonds. The summed E-state index contributed by atoms with van der Waals surface area (Å²) in [5.41, 5.74) is -0.425. The van der Waals surface area contributed by atoms with Crippen molar-refractivity contribution in [2.75, 3.05) is 0 Å². The maximum Gasteiger partial charge on any atom is 0.417 e. The number of nitrogens with one attached hydrogen (secondary N) is 1. The fourth-order valence-electron chi connectivity index (χ4n) is 3.40. The lowest BCUT2D eigenvalue weighted by molar-refractivity contribution is -0.138. The number of rotatable bonds is 8. The first-order valence-electron chi connectivity index (χ1n) is 10.6. The largest absolute Gasteiger partial charge is 0.462 e. The van der Waals surface area contributed by atoms with Gasteiger partial charge in [-0.15, -0.1) is 0 Å². The van der Waals surface area contributed by atoms with Crippen molar-refractivity contribution in [1.29, 1.82) is 0 Å². The summed E-state index contributed by atoms with van der Waals surface area (Å²) < 4.78 is 43.9. The molecule has 2 aromatic heterocycles. The number of aromatic nitrogens is 2. The Balaban J connectivity index is 1.73. The Bertz CT molecular complexity index is 1090. The van der Waals surface area contributed by atoms with E-state index in [9.17, 15) is 18.0 Å². The lowest BCUT2D eigenvalue weighted by Gasteiger charge is -2.30. The number of amides is 1. The fraction of sp³-hybridized carbons (Fsp3) is 0.320. The summed E-state index contributed by atoms with van der Waals surface area (Å²) in [6, 6.07) is 14.7. The van der Waals surface area contributed by atoms with Gasteiger partial charge in [-0.2, -0.15) is 13.2 Å². The highest BCUT2D eigenvalue weighted by molar-refractivity contribution is 6.30. The predicted octanol–water partition coefficient (Wildman–Crippen LogP) is 5.84. The molecule has 0 bridgehead atoms. The van der Waals surface area contributed by atoms with Crippen molar-refractivity contribution in [2.24, 2.45) is 0 Å². The molecule has 0 saturated carbocycles. The van der Waals surface area contributed by atoms with Crippen LogP contribution in [0.4, 0.5) is 13.2 Å². The van der Waals surface area contributed by atoms with Gasteiger partial charge in [-0.1, -0.05) is 29.8 Å². The van der Waals surface area contributed by atoms with Crippen molar-refractivity contribution < 1.29 is 22.7 Å². The van der Waals surface area contributed by atoms with Crippen LogP contribution in [0, 0.1) is 0 Å². The molecule has 0 saturated heterocycles. The maximum absolute atomic E-state index is 13.1. The van der Waals surface area contributed by atoms with Crippen LogP contribution >= 0.6 is 11.6 Å². The van der Waals surface area contributed by atoms with E-state index in [1.165, 1.54) is 13.8 Å². The molecule has 0 aliphatic carbocycles. The van der Waals surface area contributed by atoms with E-state index in [0.29, 0.717) is 17.6 Å². The number of pyridine rings is 2. The maximum atomic E-state index is 13.1. The second-order valence-electron chi connectivity index (χ2n) is 8.45. The molecule has 2 atom stereocenters. The minimum absolute atomic E-state index is 0.0803. The number of halogens is 4. The smallest absolute Gasteiger partial charge is 0.417 e. The van der Waals surface area contributed by atoms with E-state index < -0.39 is 23.2 Å². The highest BCUT2D eigenvalue weighted by atomic mass is 35.5. The molecule has 1 aromatic carbocycles. The molecule has 0 aliphatic rings. The Morgan fingerprint density at radius 2 is 1.76 bits per heavy atom. The summed E-state index contributed by atoms with van der Waals surface area (Å²) >= 11 is 6.00. The zero-order valence-corrected chi connectivity index (χ0v) is 19.7. The van der Waals surface area contributed by atoms with Gasteiger partial charge in [0.25, 0.3) is 5.91 Å². The molecule has 1 N–H and O–H groups in total. The Kier molecular flexibility index (Phi) is 7.82. The molecule has 9 heteroatoms. The highest BCUT2D eigenvalue weighted by Crippen LogP contribution is 2.30. The van der Waals surface area contributed by atoms with Gasteiger partial charge in [0.1, 0.15) is 0 Å². The third-order valence-corrected chi connectivity index (χ3v) is 5.62.